The molecule has 14 heavy (non-hydrogen) atoms. The Bertz CT molecular complexity index is 350. The lowest BCUT2D eigenvalue weighted by Gasteiger charge is -2.09. The Labute approximate surface area is 86.7 Å². The lowest BCUT2D eigenvalue weighted by Crippen LogP contribution is -2.14. The molecule has 2 N–H and O–H groups in total. The molecule has 1 unspecified atom stereocenters. The zero-order chi connectivity index (χ0) is 10.7. The van der Waals surface area contributed by atoms with Crippen LogP contribution in [0.15, 0.2) is 18.2 Å². The minimum atomic E-state index is -1.10. The Hall–Kier alpha value is -1.03. The number of aromatic hydroxyl groups is 1. The van der Waals surface area contributed by atoms with Gasteiger partial charge in [0.2, 0.25) is 0 Å². The van der Waals surface area contributed by atoms with E-state index in [9.17, 15) is 9.32 Å². The molecule has 0 saturated heterocycles. The van der Waals surface area contributed by atoms with Gasteiger partial charge in [0.15, 0.2) is 0 Å². The molecule has 0 saturated carbocycles. The molecule has 0 radical (unpaired) electrons. The summed E-state index contributed by atoms with van der Waals surface area (Å²) >= 11 is 0. The Morgan fingerprint density at radius 1 is 1.43 bits per heavy atom. The van der Waals surface area contributed by atoms with Gasteiger partial charge in [0.1, 0.15) is 16.7 Å². The van der Waals surface area contributed by atoms with Crippen LogP contribution >= 0.6 is 0 Å². The molecule has 0 bridgehead atoms. The summed E-state index contributed by atoms with van der Waals surface area (Å²) in [4.78, 5) is 0. The molecule has 0 aliphatic rings. The van der Waals surface area contributed by atoms with Crippen molar-refractivity contribution in [2.45, 2.75) is 26.0 Å². The third kappa shape index (κ3) is 2.73. The normalized spacial score (nSPS) is 12.9. The van der Waals surface area contributed by atoms with E-state index in [1.165, 1.54) is 0 Å². The van der Waals surface area contributed by atoms with Gasteiger partial charge in [0.05, 0.1) is 0 Å². The zero-order valence-electron chi connectivity index (χ0n) is 8.57. The average molecular weight is 213 g/mol. The van der Waals surface area contributed by atoms with Gasteiger partial charge in [-0.3, -0.25) is 0 Å². The Morgan fingerprint density at radius 3 is 2.57 bits per heavy atom. The van der Waals surface area contributed by atoms with Crippen molar-refractivity contribution in [3.05, 3.63) is 23.8 Å². The second kappa shape index (κ2) is 4.46. The summed E-state index contributed by atoms with van der Waals surface area (Å²) in [6, 6.07) is 5.17. The highest BCUT2D eigenvalue weighted by Crippen LogP contribution is 2.21. The van der Waals surface area contributed by atoms with Crippen molar-refractivity contribution >= 4 is 16.7 Å². The molecular weight excluding hydrogens is 198 g/mol. The molecule has 1 aromatic carbocycles. The summed E-state index contributed by atoms with van der Waals surface area (Å²) in [6.45, 7) is 5.56. The third-order valence-corrected chi connectivity index (χ3v) is 3.15. The first-order chi connectivity index (χ1) is 6.50. The smallest absolute Gasteiger partial charge is 0.120 e. The van der Waals surface area contributed by atoms with Crippen LogP contribution in [0, 0.1) is 6.92 Å². The summed E-state index contributed by atoms with van der Waals surface area (Å²) in [7, 11) is -1.10. The van der Waals surface area contributed by atoms with Crippen LogP contribution in [0.25, 0.3) is 0 Å². The first-order valence-electron chi connectivity index (χ1n) is 4.47. The fourth-order valence-electron chi connectivity index (χ4n) is 0.907. The highest BCUT2D eigenvalue weighted by molar-refractivity contribution is 7.86. The quantitative estimate of drug-likeness (QED) is 0.808. The predicted octanol–water partition coefficient (Wildman–Crippen LogP) is 2.18. The van der Waals surface area contributed by atoms with Gasteiger partial charge in [-0.05, 0) is 32.4 Å². The Morgan fingerprint density at radius 2 is 2.07 bits per heavy atom. The molecule has 0 aromatic heterocycles. The highest BCUT2D eigenvalue weighted by atomic mass is 32.2. The van der Waals surface area contributed by atoms with Crippen LogP contribution in [-0.4, -0.2) is 14.6 Å². The molecule has 0 amide bonds. The van der Waals surface area contributed by atoms with E-state index in [0.717, 1.165) is 5.56 Å². The minimum absolute atomic E-state index is 0.0541. The van der Waals surface area contributed by atoms with E-state index >= 15 is 0 Å². The number of benzene rings is 1. The molecule has 0 heterocycles. The average Bonchev–Trinajstić information content (AvgIpc) is 2.11. The predicted molar refractivity (Wildman–Crippen MR) is 59.7 cm³/mol. The molecule has 0 aliphatic carbocycles. The van der Waals surface area contributed by atoms with Gasteiger partial charge in [-0.2, -0.15) is 0 Å². The lowest BCUT2D eigenvalue weighted by atomic mass is 10.2. The van der Waals surface area contributed by atoms with E-state index in [1.807, 2.05) is 20.8 Å². The Balaban J connectivity index is 2.78. The monoisotopic (exact) mass is 213 g/mol. The van der Waals surface area contributed by atoms with Crippen molar-refractivity contribution in [3.63, 3.8) is 0 Å². The topological polar surface area (TPSA) is 49.3 Å². The van der Waals surface area contributed by atoms with Gasteiger partial charge in [-0.1, -0.05) is 6.07 Å². The summed E-state index contributed by atoms with van der Waals surface area (Å²) in [5.74, 6) is 0.218. The number of rotatable bonds is 3. The molecule has 0 aliphatic heterocycles. The second-order valence-corrected chi connectivity index (χ2v) is 5.19. The first kappa shape index (κ1) is 11.0. The van der Waals surface area contributed by atoms with Crippen LogP contribution in [0.1, 0.15) is 19.4 Å². The van der Waals surface area contributed by atoms with Crippen molar-refractivity contribution in [1.29, 1.82) is 0 Å². The fraction of sp³-hybridized carbons (Fsp3) is 0.400. The number of hydrogen-bond acceptors (Lipinski definition) is 2. The van der Waals surface area contributed by atoms with Gasteiger partial charge in [0.25, 0.3) is 0 Å². The number of phenolic OH excluding ortho intramolecular Hbond substituents is 1. The van der Waals surface area contributed by atoms with Gasteiger partial charge in [-0.15, -0.1) is 0 Å². The van der Waals surface area contributed by atoms with Crippen LogP contribution in [-0.2, 0) is 11.0 Å². The fourth-order valence-corrected chi connectivity index (χ4v) is 1.50. The van der Waals surface area contributed by atoms with E-state index in [2.05, 4.69) is 4.72 Å². The van der Waals surface area contributed by atoms with Crippen LogP contribution < -0.4 is 4.72 Å². The van der Waals surface area contributed by atoms with E-state index in [0.29, 0.717) is 5.69 Å². The van der Waals surface area contributed by atoms with Gasteiger partial charge in [-0.25, -0.2) is 4.21 Å². The van der Waals surface area contributed by atoms with Crippen molar-refractivity contribution in [2.24, 2.45) is 0 Å². The van der Waals surface area contributed by atoms with Gasteiger partial charge in [0, 0.05) is 17.0 Å². The first-order valence-corrected chi connectivity index (χ1v) is 5.69. The number of nitrogens with one attached hydrogen (secondary N) is 1. The van der Waals surface area contributed by atoms with Crippen molar-refractivity contribution in [3.8, 4) is 5.75 Å². The number of anilines is 1. The van der Waals surface area contributed by atoms with Crippen LogP contribution in [0.2, 0.25) is 0 Å². The minimum Gasteiger partial charge on any atom is -0.508 e. The molecule has 1 rings (SSSR count). The summed E-state index contributed by atoms with van der Waals surface area (Å²) in [5.41, 5.74) is 1.49. The highest BCUT2D eigenvalue weighted by Gasteiger charge is 2.05. The summed E-state index contributed by atoms with van der Waals surface area (Å²) in [6.07, 6.45) is 0. The molecule has 3 nitrogen and oxygen atoms in total. The SMILES string of the molecule is Cc1ccc(NS(=O)C(C)C)cc1O. The van der Waals surface area contributed by atoms with Crippen molar-refractivity contribution in [1.82, 2.24) is 0 Å². The maximum Gasteiger partial charge on any atom is 0.120 e. The number of aryl methyl sites for hydroxylation is 1. The van der Waals surface area contributed by atoms with Crippen LogP contribution in [0.5, 0.6) is 5.75 Å². The maximum atomic E-state index is 11.4. The standard InChI is InChI=1S/C10H15NO2S/c1-7(2)14(13)11-9-5-4-8(3)10(12)6-9/h4-7,11-12H,1-3H3. The number of hydrogen-bond donors (Lipinski definition) is 2. The molecule has 1 atom stereocenters. The van der Waals surface area contributed by atoms with Crippen molar-refractivity contribution in [2.75, 3.05) is 4.72 Å². The van der Waals surface area contributed by atoms with Crippen LogP contribution in [0.4, 0.5) is 5.69 Å². The van der Waals surface area contributed by atoms with Gasteiger partial charge < -0.3 is 9.83 Å². The van der Waals surface area contributed by atoms with Crippen molar-refractivity contribution < 1.29 is 9.32 Å². The lowest BCUT2D eigenvalue weighted by molar-refractivity contribution is 0.471. The zero-order valence-corrected chi connectivity index (χ0v) is 9.39. The largest absolute Gasteiger partial charge is 0.508 e. The van der Waals surface area contributed by atoms with E-state index in [-0.39, 0.29) is 11.0 Å². The Kier molecular flexibility index (Phi) is 3.52. The van der Waals surface area contributed by atoms with Gasteiger partial charge >= 0.3 is 0 Å². The van der Waals surface area contributed by atoms with E-state index in [4.69, 9.17) is 0 Å². The molecule has 0 spiro atoms. The van der Waals surface area contributed by atoms with E-state index in [1.54, 1.807) is 18.2 Å². The maximum absolute atomic E-state index is 11.4. The molecular formula is C10H15NO2S. The summed E-state index contributed by atoms with van der Waals surface area (Å²) < 4.78 is 14.2. The molecule has 0 fully saturated rings. The summed E-state index contributed by atoms with van der Waals surface area (Å²) in [5, 5.41) is 9.47. The molecule has 78 valence electrons. The third-order valence-electron chi connectivity index (χ3n) is 1.86. The number of phenols is 1. The second-order valence-electron chi connectivity index (χ2n) is 3.45. The molecule has 1 aromatic rings. The van der Waals surface area contributed by atoms with Crippen LogP contribution in [0.3, 0.4) is 0 Å². The van der Waals surface area contributed by atoms with E-state index < -0.39 is 11.0 Å². The molecule has 4 heteroatoms.